The minimum Gasteiger partial charge on any atom is -0.490 e. The molecule has 15 heteroatoms. The average molecular weight is 717 g/mol. The largest absolute Gasteiger partial charge is 0.490 e. The first-order valence-corrected chi connectivity index (χ1v) is 15.5. The van der Waals surface area contributed by atoms with Crippen molar-refractivity contribution in [1.82, 2.24) is 4.57 Å². The molecule has 46 heavy (non-hydrogen) atoms. The number of allylic oxidation sites excluding steroid dienone is 1. The van der Waals surface area contributed by atoms with Crippen molar-refractivity contribution in [3.05, 3.63) is 99.7 Å². The molecule has 0 N–H and O–H groups in total. The van der Waals surface area contributed by atoms with Crippen molar-refractivity contribution in [1.29, 1.82) is 0 Å². The van der Waals surface area contributed by atoms with Crippen LogP contribution in [-0.4, -0.2) is 55.0 Å². The van der Waals surface area contributed by atoms with E-state index in [2.05, 4.69) is 32.2 Å². The number of rotatable bonds is 13. The fourth-order valence-corrected chi connectivity index (χ4v) is 6.27. The van der Waals surface area contributed by atoms with Gasteiger partial charge in [-0.15, -0.1) is 0 Å². The van der Waals surface area contributed by atoms with Gasteiger partial charge >= 0.3 is 17.6 Å². The minimum atomic E-state index is -0.970. The molecule has 0 bridgehead atoms. The number of carbonyl (C=O) groups excluding carboxylic acids is 2. The second-order valence-electron chi connectivity index (χ2n) is 9.51. The molecule has 1 aromatic heterocycles. The van der Waals surface area contributed by atoms with E-state index in [9.17, 15) is 24.5 Å². The summed E-state index contributed by atoms with van der Waals surface area (Å²) in [5, 5.41) is 11.8. The Bertz CT molecular complexity index is 1910. The second-order valence-corrected chi connectivity index (χ2v) is 11.4. The van der Waals surface area contributed by atoms with Gasteiger partial charge in [-0.3, -0.25) is 19.5 Å². The molecule has 4 rings (SSSR count). The van der Waals surface area contributed by atoms with Crippen LogP contribution in [0.4, 0.5) is 5.69 Å². The summed E-state index contributed by atoms with van der Waals surface area (Å²) >= 11 is 4.39. The van der Waals surface area contributed by atoms with Crippen LogP contribution in [0.1, 0.15) is 37.9 Å². The standard InChI is InChI=1S/C31H30BrN3O10S/c1-6-11-44-28-20(32)12-18(13-21(28)35(39)40)14-24-29(37)34-27(26(30(38)43-8-3)17(4)33-31(34)46-24)19-9-10-22(23(15-19)42-7-2)45-16-25(36)41-5/h6,9-10,12-15,27H,1,7-8,11,16H2,2-5H3/b24-14+/t27-/m1/s1. The predicted octanol–water partition coefficient (Wildman–Crippen LogP) is 3.98. The molecular weight excluding hydrogens is 686 g/mol. The molecule has 1 aliphatic rings. The lowest BCUT2D eigenvalue weighted by molar-refractivity contribution is -0.385. The molecule has 0 saturated heterocycles. The Balaban J connectivity index is 1.91. The van der Waals surface area contributed by atoms with Crippen LogP contribution in [0.3, 0.4) is 0 Å². The van der Waals surface area contributed by atoms with Crippen LogP contribution in [0.5, 0.6) is 17.2 Å². The molecule has 0 unspecified atom stereocenters. The highest BCUT2D eigenvalue weighted by Gasteiger charge is 2.34. The minimum absolute atomic E-state index is 0.0299. The second kappa shape index (κ2) is 15.0. The predicted molar refractivity (Wildman–Crippen MR) is 172 cm³/mol. The Kier molecular flexibility index (Phi) is 11.1. The van der Waals surface area contributed by atoms with E-state index in [0.717, 1.165) is 11.3 Å². The van der Waals surface area contributed by atoms with Crippen molar-refractivity contribution in [2.75, 3.05) is 33.5 Å². The van der Waals surface area contributed by atoms with Crippen LogP contribution in [0.25, 0.3) is 6.08 Å². The fraction of sp³-hybridized carbons (Fsp3) is 0.290. The van der Waals surface area contributed by atoms with E-state index in [1.165, 1.54) is 29.9 Å². The maximum Gasteiger partial charge on any atom is 0.343 e. The molecule has 2 heterocycles. The summed E-state index contributed by atoms with van der Waals surface area (Å²) < 4.78 is 28.8. The maximum atomic E-state index is 14.1. The SMILES string of the molecule is C=CCOc1c(Br)cc(/C=c2/sc3n(c2=O)[C@H](c2ccc(OCC(=O)OC)c(OCC)c2)C(C(=O)OCC)=C(C)N=3)cc1[N+](=O)[O-]. The fourth-order valence-electron chi connectivity index (χ4n) is 4.64. The Morgan fingerprint density at radius 2 is 1.91 bits per heavy atom. The summed E-state index contributed by atoms with van der Waals surface area (Å²) in [6.45, 7) is 8.72. The quantitative estimate of drug-likeness (QED) is 0.110. The number of hydrogen-bond donors (Lipinski definition) is 0. The molecule has 1 aliphatic heterocycles. The Labute approximate surface area is 275 Å². The number of aromatic nitrogens is 1. The zero-order chi connectivity index (χ0) is 33.5. The molecule has 0 saturated carbocycles. The van der Waals surface area contributed by atoms with Gasteiger partial charge in [0.05, 0.1) is 51.6 Å². The van der Waals surface area contributed by atoms with E-state index in [-0.39, 0.29) is 59.5 Å². The number of benzene rings is 2. The van der Waals surface area contributed by atoms with Crippen LogP contribution in [0.15, 0.2) is 68.5 Å². The number of nitro groups is 1. The molecule has 1 atom stereocenters. The Morgan fingerprint density at radius 1 is 1.15 bits per heavy atom. The number of fused-ring (bicyclic) bond motifs is 1. The number of nitrogens with zero attached hydrogens (tertiary/aromatic N) is 3. The highest BCUT2D eigenvalue weighted by Crippen LogP contribution is 2.38. The van der Waals surface area contributed by atoms with E-state index in [1.54, 1.807) is 45.0 Å². The summed E-state index contributed by atoms with van der Waals surface area (Å²) in [7, 11) is 1.24. The molecule has 2 aromatic carbocycles. The maximum absolute atomic E-state index is 14.1. The number of halogens is 1. The van der Waals surface area contributed by atoms with E-state index in [0.29, 0.717) is 26.1 Å². The molecule has 3 aromatic rings. The van der Waals surface area contributed by atoms with Crippen LogP contribution in [0, 0.1) is 10.1 Å². The molecule has 13 nitrogen and oxygen atoms in total. The summed E-state index contributed by atoms with van der Waals surface area (Å²) in [6.07, 6.45) is 2.97. The molecule has 242 valence electrons. The van der Waals surface area contributed by atoms with Crippen molar-refractivity contribution >= 4 is 51.0 Å². The van der Waals surface area contributed by atoms with E-state index < -0.39 is 28.5 Å². The van der Waals surface area contributed by atoms with Gasteiger partial charge in [-0.1, -0.05) is 30.1 Å². The van der Waals surface area contributed by atoms with E-state index in [1.807, 2.05) is 0 Å². The molecule has 0 aliphatic carbocycles. The molecular formula is C31H30BrN3O10S. The first kappa shape index (κ1) is 34.1. The highest BCUT2D eigenvalue weighted by molar-refractivity contribution is 9.10. The number of esters is 2. The number of carbonyl (C=O) groups is 2. The van der Waals surface area contributed by atoms with Crippen LogP contribution < -0.4 is 29.1 Å². The number of thiazole rings is 1. The van der Waals surface area contributed by atoms with Gasteiger partial charge in [-0.25, -0.2) is 14.6 Å². The van der Waals surface area contributed by atoms with Crippen molar-refractivity contribution in [3.63, 3.8) is 0 Å². The average Bonchev–Trinajstić information content (AvgIpc) is 3.32. The van der Waals surface area contributed by atoms with Gasteiger partial charge in [0.1, 0.15) is 6.61 Å². The third-order valence-corrected chi connectivity index (χ3v) is 8.13. The third-order valence-electron chi connectivity index (χ3n) is 6.56. The number of ether oxygens (including phenoxy) is 5. The van der Waals surface area contributed by atoms with Crippen LogP contribution in [0.2, 0.25) is 0 Å². The van der Waals surface area contributed by atoms with E-state index in [4.69, 9.17) is 18.9 Å². The number of methoxy groups -OCH3 is 1. The molecule has 0 amide bonds. The molecule has 0 spiro atoms. The topological polar surface area (TPSA) is 158 Å². The number of nitro benzene ring substituents is 1. The smallest absolute Gasteiger partial charge is 0.343 e. The van der Waals surface area contributed by atoms with Crippen LogP contribution >= 0.6 is 27.3 Å². The normalized spacial score (nSPS) is 14.2. The number of hydrogen-bond acceptors (Lipinski definition) is 12. The van der Waals surface area contributed by atoms with Crippen molar-refractivity contribution in [2.45, 2.75) is 26.8 Å². The summed E-state index contributed by atoms with van der Waals surface area (Å²) in [5.74, 6) is -0.670. The van der Waals surface area contributed by atoms with Gasteiger partial charge < -0.3 is 23.7 Å². The van der Waals surface area contributed by atoms with Gasteiger partial charge in [0, 0.05) is 6.07 Å². The van der Waals surface area contributed by atoms with Crippen molar-refractivity contribution in [2.24, 2.45) is 4.99 Å². The lowest BCUT2D eigenvalue weighted by atomic mass is 9.95. The van der Waals surface area contributed by atoms with Gasteiger partial charge in [0.2, 0.25) is 5.75 Å². The lowest BCUT2D eigenvalue weighted by Gasteiger charge is -2.25. The Morgan fingerprint density at radius 3 is 2.57 bits per heavy atom. The summed E-state index contributed by atoms with van der Waals surface area (Å²) in [6, 6.07) is 6.77. The van der Waals surface area contributed by atoms with Gasteiger partial charge in [-0.2, -0.15) is 0 Å². The third kappa shape index (κ3) is 7.21. The summed E-state index contributed by atoms with van der Waals surface area (Å²) in [5.41, 5.74) is 0.555. The Hall–Kier alpha value is -4.76. The summed E-state index contributed by atoms with van der Waals surface area (Å²) in [4.78, 5) is 55.1. The molecule has 0 radical (unpaired) electrons. The van der Waals surface area contributed by atoms with Crippen LogP contribution in [-0.2, 0) is 19.1 Å². The monoisotopic (exact) mass is 715 g/mol. The zero-order valence-corrected chi connectivity index (χ0v) is 27.8. The first-order valence-electron chi connectivity index (χ1n) is 13.9. The molecule has 0 fully saturated rings. The van der Waals surface area contributed by atoms with E-state index >= 15 is 0 Å². The highest BCUT2D eigenvalue weighted by atomic mass is 79.9. The zero-order valence-electron chi connectivity index (χ0n) is 25.4. The van der Waals surface area contributed by atoms with Crippen molar-refractivity contribution < 1.29 is 38.2 Å². The first-order chi connectivity index (χ1) is 22.0. The van der Waals surface area contributed by atoms with Gasteiger partial charge in [0.15, 0.2) is 22.9 Å². The lowest BCUT2D eigenvalue weighted by Crippen LogP contribution is -2.40. The van der Waals surface area contributed by atoms with Gasteiger partial charge in [0.25, 0.3) is 5.56 Å². The van der Waals surface area contributed by atoms with Gasteiger partial charge in [-0.05, 0) is 72.1 Å². The van der Waals surface area contributed by atoms with Crippen molar-refractivity contribution in [3.8, 4) is 17.2 Å².